The van der Waals surface area contributed by atoms with Gasteiger partial charge in [0.15, 0.2) is 0 Å². The summed E-state index contributed by atoms with van der Waals surface area (Å²) in [6, 6.07) is 0.603. The fourth-order valence-corrected chi connectivity index (χ4v) is 2.29. The third kappa shape index (κ3) is 1.15. The van der Waals surface area contributed by atoms with Crippen LogP contribution in [0.3, 0.4) is 0 Å². The molecule has 11 heavy (non-hydrogen) atoms. The topological polar surface area (TPSA) is 20.3 Å². The van der Waals surface area contributed by atoms with Crippen molar-refractivity contribution in [2.45, 2.75) is 38.6 Å². The number of fused-ring (bicyclic) bond motifs is 1. The second-order valence-electron chi connectivity index (χ2n) is 3.91. The molecular formula is C9H15NO. The molecular weight excluding hydrogens is 138 g/mol. The van der Waals surface area contributed by atoms with Crippen molar-refractivity contribution in [3.05, 3.63) is 0 Å². The minimum atomic E-state index is 0.391. The maximum atomic E-state index is 11.2. The third-order valence-corrected chi connectivity index (χ3v) is 2.99. The summed E-state index contributed by atoms with van der Waals surface area (Å²) in [7, 11) is 0. The van der Waals surface area contributed by atoms with Gasteiger partial charge < -0.3 is 4.90 Å². The molecule has 2 aliphatic heterocycles. The van der Waals surface area contributed by atoms with Gasteiger partial charge in [0.25, 0.3) is 0 Å². The molecule has 0 saturated carbocycles. The van der Waals surface area contributed by atoms with E-state index < -0.39 is 0 Å². The SMILES string of the molecule is C[C@@H]1CCN2C(=O)CCC2C1. The average Bonchev–Trinajstić information content (AvgIpc) is 2.32. The van der Waals surface area contributed by atoms with Crippen molar-refractivity contribution < 1.29 is 4.79 Å². The van der Waals surface area contributed by atoms with Crippen molar-refractivity contribution in [2.75, 3.05) is 6.54 Å². The molecule has 2 rings (SSSR count). The Balaban J connectivity index is 2.06. The molecule has 2 heteroatoms. The highest BCUT2D eigenvalue weighted by Gasteiger charge is 2.34. The van der Waals surface area contributed by atoms with Crippen molar-refractivity contribution in [3.63, 3.8) is 0 Å². The lowest BCUT2D eigenvalue weighted by molar-refractivity contribution is -0.130. The average molecular weight is 153 g/mol. The maximum absolute atomic E-state index is 11.2. The second-order valence-corrected chi connectivity index (χ2v) is 3.91. The Labute approximate surface area is 67.6 Å². The van der Waals surface area contributed by atoms with Crippen LogP contribution in [-0.4, -0.2) is 23.4 Å². The van der Waals surface area contributed by atoms with Crippen LogP contribution in [-0.2, 0) is 4.79 Å². The molecule has 0 aromatic rings. The van der Waals surface area contributed by atoms with Crippen LogP contribution in [0, 0.1) is 5.92 Å². The van der Waals surface area contributed by atoms with Crippen molar-refractivity contribution in [3.8, 4) is 0 Å². The van der Waals surface area contributed by atoms with E-state index in [2.05, 4.69) is 11.8 Å². The molecule has 0 spiro atoms. The highest BCUT2D eigenvalue weighted by molar-refractivity contribution is 5.78. The van der Waals surface area contributed by atoms with Crippen LogP contribution in [0.4, 0.5) is 0 Å². The quantitative estimate of drug-likeness (QED) is 0.515. The van der Waals surface area contributed by atoms with Gasteiger partial charge in [0.2, 0.25) is 5.91 Å². The monoisotopic (exact) mass is 153 g/mol. The number of rotatable bonds is 0. The van der Waals surface area contributed by atoms with E-state index in [9.17, 15) is 4.79 Å². The maximum Gasteiger partial charge on any atom is 0.222 e. The lowest BCUT2D eigenvalue weighted by Gasteiger charge is -2.33. The normalized spacial score (nSPS) is 37.5. The summed E-state index contributed by atoms with van der Waals surface area (Å²) in [5.41, 5.74) is 0. The summed E-state index contributed by atoms with van der Waals surface area (Å²) in [5.74, 6) is 1.23. The van der Waals surface area contributed by atoms with E-state index in [4.69, 9.17) is 0 Å². The fraction of sp³-hybridized carbons (Fsp3) is 0.889. The number of hydrogen-bond donors (Lipinski definition) is 0. The number of nitrogens with zero attached hydrogens (tertiary/aromatic N) is 1. The van der Waals surface area contributed by atoms with Gasteiger partial charge in [0.05, 0.1) is 0 Å². The van der Waals surface area contributed by atoms with Crippen molar-refractivity contribution in [2.24, 2.45) is 5.92 Å². The van der Waals surface area contributed by atoms with E-state index in [0.29, 0.717) is 11.9 Å². The number of carbonyl (C=O) groups is 1. The Morgan fingerprint density at radius 3 is 3.09 bits per heavy atom. The van der Waals surface area contributed by atoms with Crippen molar-refractivity contribution in [1.82, 2.24) is 4.90 Å². The van der Waals surface area contributed by atoms with E-state index in [0.717, 1.165) is 25.3 Å². The van der Waals surface area contributed by atoms with Gasteiger partial charge in [-0.2, -0.15) is 0 Å². The summed E-state index contributed by atoms with van der Waals surface area (Å²) in [6.45, 7) is 3.31. The van der Waals surface area contributed by atoms with Crippen LogP contribution in [0.2, 0.25) is 0 Å². The highest BCUT2D eigenvalue weighted by atomic mass is 16.2. The van der Waals surface area contributed by atoms with Gasteiger partial charge in [-0.1, -0.05) is 6.92 Å². The molecule has 2 atom stereocenters. The minimum Gasteiger partial charge on any atom is -0.340 e. The van der Waals surface area contributed by atoms with Gasteiger partial charge in [-0.15, -0.1) is 0 Å². The highest BCUT2D eigenvalue weighted by Crippen LogP contribution is 2.30. The molecule has 0 radical (unpaired) electrons. The zero-order valence-electron chi connectivity index (χ0n) is 7.05. The van der Waals surface area contributed by atoms with E-state index in [1.54, 1.807) is 0 Å². The van der Waals surface area contributed by atoms with Crippen LogP contribution < -0.4 is 0 Å². The Bertz CT molecular complexity index is 178. The number of carbonyl (C=O) groups excluding carboxylic acids is 1. The van der Waals surface area contributed by atoms with Gasteiger partial charge >= 0.3 is 0 Å². The summed E-state index contributed by atoms with van der Waals surface area (Å²) in [5, 5.41) is 0. The fourth-order valence-electron chi connectivity index (χ4n) is 2.29. The molecule has 2 aliphatic rings. The van der Waals surface area contributed by atoms with Crippen molar-refractivity contribution >= 4 is 5.91 Å². The molecule has 2 fully saturated rings. The zero-order chi connectivity index (χ0) is 7.84. The molecule has 0 N–H and O–H groups in total. The number of piperidine rings is 1. The summed E-state index contributed by atoms with van der Waals surface area (Å²) in [6.07, 6.45) is 4.37. The lowest BCUT2D eigenvalue weighted by Crippen LogP contribution is -2.39. The molecule has 1 amide bonds. The summed E-state index contributed by atoms with van der Waals surface area (Å²) >= 11 is 0. The van der Waals surface area contributed by atoms with Gasteiger partial charge in [0.1, 0.15) is 0 Å². The Morgan fingerprint density at radius 2 is 2.27 bits per heavy atom. The first-order chi connectivity index (χ1) is 5.27. The molecule has 2 heterocycles. The first kappa shape index (κ1) is 7.14. The standard InChI is InChI=1S/C9H15NO/c1-7-4-5-10-8(6-7)2-3-9(10)11/h7-8H,2-6H2,1H3/t7-,8?/m1/s1. The second kappa shape index (κ2) is 2.50. The molecule has 0 bridgehead atoms. The van der Waals surface area contributed by atoms with Crippen LogP contribution >= 0.6 is 0 Å². The molecule has 0 aliphatic carbocycles. The number of amides is 1. The van der Waals surface area contributed by atoms with Crippen LogP contribution in [0.5, 0.6) is 0 Å². The van der Waals surface area contributed by atoms with Crippen LogP contribution in [0.15, 0.2) is 0 Å². The third-order valence-electron chi connectivity index (χ3n) is 2.99. The Morgan fingerprint density at radius 1 is 1.45 bits per heavy atom. The molecule has 0 aromatic carbocycles. The number of hydrogen-bond acceptors (Lipinski definition) is 1. The first-order valence-corrected chi connectivity index (χ1v) is 4.57. The van der Waals surface area contributed by atoms with Crippen molar-refractivity contribution in [1.29, 1.82) is 0 Å². The van der Waals surface area contributed by atoms with Gasteiger partial charge in [-0.3, -0.25) is 4.79 Å². The zero-order valence-corrected chi connectivity index (χ0v) is 7.05. The summed E-state index contributed by atoms with van der Waals surface area (Å²) in [4.78, 5) is 13.3. The largest absolute Gasteiger partial charge is 0.340 e. The van der Waals surface area contributed by atoms with Gasteiger partial charge in [0, 0.05) is 19.0 Å². The Hall–Kier alpha value is -0.530. The molecule has 0 aromatic heterocycles. The molecule has 2 nitrogen and oxygen atoms in total. The van der Waals surface area contributed by atoms with Gasteiger partial charge in [-0.25, -0.2) is 0 Å². The van der Waals surface area contributed by atoms with Gasteiger partial charge in [-0.05, 0) is 25.2 Å². The summed E-state index contributed by atoms with van der Waals surface area (Å²) < 4.78 is 0. The predicted molar refractivity (Wildman–Crippen MR) is 43.1 cm³/mol. The lowest BCUT2D eigenvalue weighted by atomic mass is 9.93. The van der Waals surface area contributed by atoms with E-state index in [-0.39, 0.29) is 0 Å². The first-order valence-electron chi connectivity index (χ1n) is 4.57. The van der Waals surface area contributed by atoms with E-state index in [1.165, 1.54) is 12.8 Å². The molecule has 2 saturated heterocycles. The molecule has 1 unspecified atom stereocenters. The van der Waals surface area contributed by atoms with Crippen LogP contribution in [0.25, 0.3) is 0 Å². The smallest absolute Gasteiger partial charge is 0.222 e. The molecule has 62 valence electrons. The predicted octanol–water partition coefficient (Wildman–Crippen LogP) is 1.41. The Kier molecular flexibility index (Phi) is 1.63. The minimum absolute atomic E-state index is 0.391. The van der Waals surface area contributed by atoms with E-state index >= 15 is 0 Å². The van der Waals surface area contributed by atoms with E-state index in [1.807, 2.05) is 0 Å². The van der Waals surface area contributed by atoms with Crippen LogP contribution in [0.1, 0.15) is 32.6 Å².